The quantitative estimate of drug-likeness (QED) is 0.161. The van der Waals surface area contributed by atoms with Gasteiger partial charge in [-0.2, -0.15) is 0 Å². The van der Waals surface area contributed by atoms with E-state index in [1.165, 1.54) is 131 Å². The van der Waals surface area contributed by atoms with Crippen molar-refractivity contribution < 1.29 is 0 Å². The van der Waals surface area contributed by atoms with Crippen molar-refractivity contribution in [3.63, 3.8) is 0 Å². The average Bonchev–Trinajstić information content (AvgIpc) is 3.75. The van der Waals surface area contributed by atoms with Gasteiger partial charge in [0.1, 0.15) is 0 Å². The average molecular weight is 856 g/mol. The van der Waals surface area contributed by atoms with Crippen LogP contribution in [-0.4, -0.2) is 0 Å². The van der Waals surface area contributed by atoms with Crippen LogP contribution < -0.4 is 4.90 Å². The van der Waals surface area contributed by atoms with Crippen molar-refractivity contribution in [3.8, 4) is 33.4 Å². The van der Waals surface area contributed by atoms with E-state index in [0.29, 0.717) is 0 Å². The SMILES string of the molecule is Cc1ccc2c(c1-c1cc3c(cc1N(c1ccc4c(c1)C(C)(C)CCC4(C)C)c1ccc4c(c1)C(C)(C)c1ccccc1-4)C(c1ccccc1)(c1ccccc1)c1ccccc1-3)CCCC2. The van der Waals surface area contributed by atoms with Crippen molar-refractivity contribution in [1.82, 2.24) is 0 Å². The largest absolute Gasteiger partial charge is 0.310 e. The Kier molecular flexibility index (Phi) is 9.19. The number of nitrogens with zero attached hydrogens (tertiary/aromatic N) is 1. The second-order valence-electron chi connectivity index (χ2n) is 21.8. The molecule has 0 atom stereocenters. The fourth-order valence-electron chi connectivity index (χ4n) is 13.2. The van der Waals surface area contributed by atoms with Crippen molar-refractivity contribution >= 4 is 17.1 Å². The van der Waals surface area contributed by atoms with E-state index in [4.69, 9.17) is 0 Å². The number of fused-ring (bicyclic) bond motifs is 8. The van der Waals surface area contributed by atoms with Crippen LogP contribution in [0.5, 0.6) is 0 Å². The molecule has 0 radical (unpaired) electrons. The second kappa shape index (κ2) is 14.8. The van der Waals surface area contributed by atoms with Gasteiger partial charge in [0.15, 0.2) is 0 Å². The van der Waals surface area contributed by atoms with Crippen LogP contribution >= 0.6 is 0 Å². The highest BCUT2D eigenvalue weighted by Crippen LogP contribution is 2.60. The van der Waals surface area contributed by atoms with E-state index < -0.39 is 5.41 Å². The first kappa shape index (κ1) is 41.0. The molecule has 0 amide bonds. The minimum Gasteiger partial charge on any atom is -0.310 e. The number of rotatable bonds is 6. The molecule has 1 heteroatoms. The van der Waals surface area contributed by atoms with Gasteiger partial charge in [0.05, 0.1) is 11.1 Å². The predicted molar refractivity (Wildman–Crippen MR) is 278 cm³/mol. The molecule has 0 fully saturated rings. The lowest BCUT2D eigenvalue weighted by molar-refractivity contribution is 0.332. The fraction of sp³-hybridized carbons (Fsp3) is 0.262. The predicted octanol–water partition coefficient (Wildman–Crippen LogP) is 17.0. The van der Waals surface area contributed by atoms with Gasteiger partial charge in [-0.25, -0.2) is 0 Å². The van der Waals surface area contributed by atoms with E-state index in [1.807, 2.05) is 0 Å². The third-order valence-electron chi connectivity index (χ3n) is 16.7. The molecule has 8 aromatic rings. The molecule has 8 aromatic carbocycles. The summed E-state index contributed by atoms with van der Waals surface area (Å²) in [6.07, 6.45) is 7.05. The molecule has 4 aliphatic rings. The highest BCUT2D eigenvalue weighted by molar-refractivity contribution is 5.98. The van der Waals surface area contributed by atoms with Crippen molar-refractivity contribution in [2.75, 3.05) is 4.90 Å². The zero-order valence-corrected chi connectivity index (χ0v) is 39.9. The smallest absolute Gasteiger partial charge is 0.0714 e. The van der Waals surface area contributed by atoms with Gasteiger partial charge in [-0.3, -0.25) is 0 Å². The number of hydrogen-bond donors (Lipinski definition) is 0. The second-order valence-corrected chi connectivity index (χ2v) is 21.8. The molecule has 1 nitrogen and oxygen atoms in total. The number of benzene rings is 8. The van der Waals surface area contributed by atoms with E-state index in [0.717, 1.165) is 19.3 Å². The van der Waals surface area contributed by atoms with Crippen LogP contribution in [0.1, 0.15) is 128 Å². The summed E-state index contributed by atoms with van der Waals surface area (Å²) in [5, 5.41) is 0. The molecule has 66 heavy (non-hydrogen) atoms. The lowest BCUT2D eigenvalue weighted by atomic mass is 9.63. The summed E-state index contributed by atoms with van der Waals surface area (Å²) in [5.74, 6) is 0. The van der Waals surface area contributed by atoms with Crippen molar-refractivity contribution in [2.24, 2.45) is 0 Å². The Bertz CT molecular complexity index is 3190. The summed E-state index contributed by atoms with van der Waals surface area (Å²) in [7, 11) is 0. The molecule has 0 bridgehead atoms. The summed E-state index contributed by atoms with van der Waals surface area (Å²) in [4.78, 5) is 2.68. The van der Waals surface area contributed by atoms with Crippen LogP contribution in [0.15, 0.2) is 170 Å². The third-order valence-corrected chi connectivity index (χ3v) is 16.7. The first-order valence-corrected chi connectivity index (χ1v) is 24.6. The monoisotopic (exact) mass is 855 g/mol. The van der Waals surface area contributed by atoms with Gasteiger partial charge in [-0.15, -0.1) is 0 Å². The number of anilines is 3. The van der Waals surface area contributed by atoms with Gasteiger partial charge in [0.25, 0.3) is 0 Å². The van der Waals surface area contributed by atoms with Crippen molar-refractivity contribution in [1.29, 1.82) is 0 Å². The molecule has 326 valence electrons. The minimum absolute atomic E-state index is 0.0430. The van der Waals surface area contributed by atoms with Gasteiger partial charge in [0, 0.05) is 22.4 Å². The van der Waals surface area contributed by atoms with E-state index in [1.54, 1.807) is 0 Å². The molecule has 0 spiro atoms. The van der Waals surface area contributed by atoms with Gasteiger partial charge in [-0.05, 0) is 182 Å². The first-order chi connectivity index (χ1) is 31.9. The van der Waals surface area contributed by atoms with Crippen LogP contribution in [0.2, 0.25) is 0 Å². The lowest BCUT2D eigenvalue weighted by Gasteiger charge is -2.42. The molecular weight excluding hydrogens is 795 g/mol. The highest BCUT2D eigenvalue weighted by Gasteiger charge is 2.47. The van der Waals surface area contributed by atoms with Crippen LogP contribution in [0.25, 0.3) is 33.4 Å². The van der Waals surface area contributed by atoms with Crippen LogP contribution in [0, 0.1) is 6.92 Å². The van der Waals surface area contributed by atoms with Crippen molar-refractivity contribution in [3.05, 3.63) is 231 Å². The zero-order chi connectivity index (χ0) is 45.2. The Morgan fingerprint density at radius 1 is 0.409 bits per heavy atom. The van der Waals surface area contributed by atoms with E-state index in [-0.39, 0.29) is 16.2 Å². The summed E-state index contributed by atoms with van der Waals surface area (Å²) in [6, 6.07) is 66.0. The molecule has 0 unspecified atom stereocenters. The van der Waals surface area contributed by atoms with E-state index in [2.05, 4.69) is 223 Å². The van der Waals surface area contributed by atoms with Crippen molar-refractivity contribution in [2.45, 2.75) is 109 Å². The maximum atomic E-state index is 2.68. The topological polar surface area (TPSA) is 3.24 Å². The highest BCUT2D eigenvalue weighted by atomic mass is 15.1. The first-order valence-electron chi connectivity index (χ1n) is 24.6. The maximum Gasteiger partial charge on any atom is 0.0714 e. The number of hydrogen-bond acceptors (Lipinski definition) is 1. The van der Waals surface area contributed by atoms with Crippen LogP contribution in [-0.2, 0) is 34.5 Å². The summed E-state index contributed by atoms with van der Waals surface area (Å²) in [6.45, 7) is 17.0. The van der Waals surface area contributed by atoms with E-state index >= 15 is 0 Å². The molecule has 0 N–H and O–H groups in total. The standard InChI is InChI=1S/C65H61N/c1-42-30-31-43-20-14-15-25-48(43)61(42)53-40-52-50-27-17-19-29-55(50)65(44-21-10-8-11-22-44,45-23-12-9-13-24-45)58(52)41-60(53)66(47-33-35-56-59(39-47)63(4,5)37-36-62(56,2)3)46-32-34-51-49-26-16-18-28-54(49)64(6,7)57(51)38-46/h8-13,16-19,21-24,26-35,38-41H,14-15,20,25,36-37H2,1-7H3. The normalized spacial score (nSPS) is 17.4. The summed E-state index contributed by atoms with van der Waals surface area (Å²) in [5.41, 5.74) is 26.6. The van der Waals surface area contributed by atoms with Gasteiger partial charge in [-0.1, -0.05) is 175 Å². The van der Waals surface area contributed by atoms with Gasteiger partial charge in [0.2, 0.25) is 0 Å². The summed E-state index contributed by atoms with van der Waals surface area (Å²) >= 11 is 0. The fourth-order valence-corrected chi connectivity index (χ4v) is 13.2. The maximum absolute atomic E-state index is 2.68. The Balaban J connectivity index is 1.23. The molecule has 0 aliphatic heterocycles. The molecular formula is C65H61N. The molecule has 4 aliphatic carbocycles. The molecule has 0 saturated carbocycles. The van der Waals surface area contributed by atoms with E-state index in [9.17, 15) is 0 Å². The van der Waals surface area contributed by atoms with Crippen LogP contribution in [0.4, 0.5) is 17.1 Å². The Morgan fingerprint density at radius 3 is 1.67 bits per heavy atom. The Hall–Kier alpha value is -6.44. The van der Waals surface area contributed by atoms with Crippen LogP contribution in [0.3, 0.4) is 0 Å². The minimum atomic E-state index is -0.540. The summed E-state index contributed by atoms with van der Waals surface area (Å²) < 4.78 is 0. The zero-order valence-electron chi connectivity index (χ0n) is 39.9. The van der Waals surface area contributed by atoms with Gasteiger partial charge >= 0.3 is 0 Å². The lowest BCUT2D eigenvalue weighted by Crippen LogP contribution is -2.34. The third kappa shape index (κ3) is 5.91. The molecule has 0 saturated heterocycles. The Labute approximate surface area is 393 Å². The molecule has 12 rings (SSSR count). The van der Waals surface area contributed by atoms with Gasteiger partial charge < -0.3 is 4.90 Å². The molecule has 0 heterocycles. The molecule has 0 aromatic heterocycles. The number of aryl methyl sites for hydroxylation is 2. The Morgan fingerprint density at radius 2 is 0.970 bits per heavy atom.